The first-order valence-electron chi connectivity index (χ1n) is 12.6. The average molecular weight is 519 g/mol. The highest BCUT2D eigenvalue weighted by Gasteiger charge is 2.68. The first kappa shape index (κ1) is 21.6. The molecule has 2 atom stereocenters. The summed E-state index contributed by atoms with van der Waals surface area (Å²) in [6.45, 7) is 2.69. The number of fused-ring (bicyclic) bond motifs is 3. The Kier molecular flexibility index (Phi) is 4.17. The number of rotatable bonds is 3. The number of allylic oxidation sites excluding steroid dienone is 2. The number of hydrogen-bond donors (Lipinski definition) is 3. The molecule has 7 nitrogen and oxygen atoms in total. The molecule has 38 heavy (non-hydrogen) atoms. The number of benzene rings is 2. The standard InChI is InChI=1S/C30H22N4O3S/c1-15-14-38-27-24(35)10-25-30(26(15)27)11-19(30)13-34(25)29(37)18-4-5-20-22(9-18)32-12-23(20)33-28(36)17-3-2-16-6-7-31-21(16)8-17/h2-10,12,14,19,31-32H,11,13H2,1H3,(H,33,36)/t19-,30?/m1/s1. The molecule has 2 aromatic carbocycles. The smallest absolute Gasteiger partial charge is 0.258 e. The molecule has 5 aromatic rings. The SMILES string of the molecule is Cc1csc2c1C13C[C@@H]1CN(C(=O)c1ccc4c(NC(=O)c5ccc6cc[nH]c6c5)c[nH]c4c1)C3=CC2=O. The van der Waals surface area contributed by atoms with E-state index in [1.165, 1.54) is 11.3 Å². The average Bonchev–Trinajstić information content (AvgIpc) is 3.39. The van der Waals surface area contributed by atoms with Crippen LogP contribution in [0, 0.1) is 12.8 Å². The van der Waals surface area contributed by atoms with E-state index in [-0.39, 0.29) is 23.0 Å². The van der Waals surface area contributed by atoms with Crippen LogP contribution in [0.15, 0.2) is 72.0 Å². The zero-order chi connectivity index (χ0) is 25.8. The van der Waals surface area contributed by atoms with Gasteiger partial charge in [-0.3, -0.25) is 14.4 Å². The molecule has 3 aromatic heterocycles. The Balaban J connectivity index is 1.08. The van der Waals surface area contributed by atoms with Crippen LogP contribution in [0.5, 0.6) is 0 Å². The van der Waals surface area contributed by atoms with E-state index in [1.807, 2.05) is 36.5 Å². The maximum absolute atomic E-state index is 13.7. The molecule has 0 radical (unpaired) electrons. The first-order valence-corrected chi connectivity index (χ1v) is 13.5. The van der Waals surface area contributed by atoms with Crippen molar-refractivity contribution in [2.24, 2.45) is 5.92 Å². The van der Waals surface area contributed by atoms with Gasteiger partial charge >= 0.3 is 0 Å². The van der Waals surface area contributed by atoms with Crippen LogP contribution in [-0.2, 0) is 5.41 Å². The molecule has 2 aliphatic carbocycles. The van der Waals surface area contributed by atoms with Gasteiger partial charge in [0, 0.05) is 63.7 Å². The molecule has 1 unspecified atom stereocenters. The number of thiophene rings is 1. The number of H-pyrrole nitrogens is 2. The second-order valence-corrected chi connectivity index (χ2v) is 11.4. The molecule has 0 bridgehead atoms. The van der Waals surface area contributed by atoms with Crippen LogP contribution in [0.4, 0.5) is 5.69 Å². The van der Waals surface area contributed by atoms with E-state index in [0.717, 1.165) is 49.9 Å². The highest BCUT2D eigenvalue weighted by atomic mass is 32.1. The maximum atomic E-state index is 13.7. The third-order valence-electron chi connectivity index (χ3n) is 8.41. The topological polar surface area (TPSA) is 98.1 Å². The van der Waals surface area contributed by atoms with Crippen molar-refractivity contribution < 1.29 is 14.4 Å². The molecule has 186 valence electrons. The highest BCUT2D eigenvalue weighted by molar-refractivity contribution is 7.12. The summed E-state index contributed by atoms with van der Waals surface area (Å²) < 4.78 is 0. The second-order valence-electron chi connectivity index (χ2n) is 10.5. The molecule has 1 saturated heterocycles. The fraction of sp³-hybridized carbons (Fsp3) is 0.167. The van der Waals surface area contributed by atoms with Crippen molar-refractivity contribution in [2.75, 3.05) is 11.9 Å². The van der Waals surface area contributed by atoms with Crippen LogP contribution in [0.1, 0.15) is 47.9 Å². The predicted octanol–water partition coefficient (Wildman–Crippen LogP) is 5.77. The fourth-order valence-corrected chi connectivity index (χ4v) is 7.58. The lowest BCUT2D eigenvalue weighted by Crippen LogP contribution is -2.33. The summed E-state index contributed by atoms with van der Waals surface area (Å²) in [5, 5.41) is 6.91. The minimum atomic E-state index is -0.207. The number of anilines is 1. The van der Waals surface area contributed by atoms with Crippen molar-refractivity contribution >= 4 is 56.4 Å². The van der Waals surface area contributed by atoms with Crippen molar-refractivity contribution in [3.8, 4) is 0 Å². The number of hydrogen-bond acceptors (Lipinski definition) is 4. The number of carbonyl (C=O) groups is 3. The lowest BCUT2D eigenvalue weighted by molar-refractivity contribution is 0.0811. The Labute approximate surface area is 221 Å². The number of aryl methyl sites for hydroxylation is 1. The number of aromatic nitrogens is 2. The number of likely N-dealkylation sites (tertiary alicyclic amines) is 1. The molecule has 2 fully saturated rings. The van der Waals surface area contributed by atoms with Gasteiger partial charge < -0.3 is 20.2 Å². The van der Waals surface area contributed by atoms with Gasteiger partial charge in [-0.1, -0.05) is 6.07 Å². The zero-order valence-corrected chi connectivity index (χ0v) is 21.2. The monoisotopic (exact) mass is 518 g/mol. The molecule has 4 heterocycles. The number of aromatic amines is 2. The minimum absolute atomic E-state index is 0.000284. The summed E-state index contributed by atoms with van der Waals surface area (Å²) in [5.41, 5.74) is 6.38. The molecular weight excluding hydrogens is 496 g/mol. The molecule has 8 rings (SSSR count). The maximum Gasteiger partial charge on any atom is 0.258 e. The Hall–Kier alpha value is -4.43. The fourth-order valence-electron chi connectivity index (χ4n) is 6.53. The molecule has 1 saturated carbocycles. The van der Waals surface area contributed by atoms with Crippen LogP contribution in [-0.4, -0.2) is 39.0 Å². The number of ketones is 1. The van der Waals surface area contributed by atoms with Crippen molar-refractivity contribution in [3.63, 3.8) is 0 Å². The summed E-state index contributed by atoms with van der Waals surface area (Å²) in [5.74, 6) is 0.0493. The predicted molar refractivity (Wildman–Crippen MR) is 147 cm³/mol. The van der Waals surface area contributed by atoms with Crippen LogP contribution >= 0.6 is 11.3 Å². The zero-order valence-electron chi connectivity index (χ0n) is 20.4. The number of carbonyl (C=O) groups excluding carboxylic acids is 3. The van der Waals surface area contributed by atoms with Gasteiger partial charge in [0.25, 0.3) is 11.8 Å². The van der Waals surface area contributed by atoms with Gasteiger partial charge in [-0.25, -0.2) is 0 Å². The quantitative estimate of drug-likeness (QED) is 0.283. The lowest BCUT2D eigenvalue weighted by atomic mass is 9.84. The van der Waals surface area contributed by atoms with Crippen molar-refractivity contribution in [1.29, 1.82) is 0 Å². The van der Waals surface area contributed by atoms with E-state index in [2.05, 4.69) is 27.6 Å². The van der Waals surface area contributed by atoms with E-state index >= 15 is 0 Å². The second kappa shape index (κ2) is 7.33. The van der Waals surface area contributed by atoms with Gasteiger partial charge in [-0.15, -0.1) is 11.3 Å². The Morgan fingerprint density at radius 3 is 2.82 bits per heavy atom. The summed E-state index contributed by atoms with van der Waals surface area (Å²) in [7, 11) is 0. The number of nitrogens with one attached hydrogen (secondary N) is 3. The summed E-state index contributed by atoms with van der Waals surface area (Å²) >= 11 is 1.51. The summed E-state index contributed by atoms with van der Waals surface area (Å²) in [4.78, 5) is 48.5. The van der Waals surface area contributed by atoms with Crippen LogP contribution in [0.3, 0.4) is 0 Å². The molecule has 3 N–H and O–H groups in total. The van der Waals surface area contributed by atoms with Crippen molar-refractivity contribution in [1.82, 2.24) is 14.9 Å². The Morgan fingerprint density at radius 2 is 1.92 bits per heavy atom. The first-order chi connectivity index (χ1) is 18.4. The van der Waals surface area contributed by atoms with E-state index in [0.29, 0.717) is 29.3 Å². The van der Waals surface area contributed by atoms with E-state index in [4.69, 9.17) is 0 Å². The number of piperidine rings is 1. The number of amides is 2. The number of nitrogens with zero attached hydrogens (tertiary/aromatic N) is 1. The van der Waals surface area contributed by atoms with Gasteiger partial charge in [0.15, 0.2) is 5.78 Å². The summed E-state index contributed by atoms with van der Waals surface area (Å²) in [6, 6.07) is 13.0. The van der Waals surface area contributed by atoms with Gasteiger partial charge in [0.05, 0.1) is 10.6 Å². The molecule has 1 spiro atoms. The molecule has 1 aliphatic heterocycles. The Bertz CT molecular complexity index is 1910. The van der Waals surface area contributed by atoms with Gasteiger partial charge in [-0.2, -0.15) is 0 Å². The van der Waals surface area contributed by atoms with Gasteiger partial charge in [-0.05, 0) is 77.6 Å². The molecular formula is C30H22N4O3S. The highest BCUT2D eigenvalue weighted by Crippen LogP contribution is 2.68. The van der Waals surface area contributed by atoms with Crippen molar-refractivity contribution in [2.45, 2.75) is 18.8 Å². The summed E-state index contributed by atoms with van der Waals surface area (Å²) in [6.07, 6.45) is 6.27. The minimum Gasteiger partial charge on any atom is -0.361 e. The lowest BCUT2D eigenvalue weighted by Gasteiger charge is -2.28. The van der Waals surface area contributed by atoms with Crippen LogP contribution in [0.25, 0.3) is 21.8 Å². The van der Waals surface area contributed by atoms with Crippen LogP contribution in [0.2, 0.25) is 0 Å². The Morgan fingerprint density at radius 1 is 1.08 bits per heavy atom. The van der Waals surface area contributed by atoms with E-state index in [1.54, 1.807) is 29.3 Å². The third-order valence-corrected chi connectivity index (χ3v) is 9.52. The third kappa shape index (κ3) is 2.80. The van der Waals surface area contributed by atoms with E-state index < -0.39 is 0 Å². The largest absolute Gasteiger partial charge is 0.361 e. The van der Waals surface area contributed by atoms with E-state index in [9.17, 15) is 14.4 Å². The molecule has 3 aliphatic rings. The molecule has 2 amide bonds. The van der Waals surface area contributed by atoms with Gasteiger partial charge in [0.1, 0.15) is 0 Å². The van der Waals surface area contributed by atoms with Crippen molar-refractivity contribution in [3.05, 3.63) is 99.1 Å². The molecule has 8 heteroatoms. The van der Waals surface area contributed by atoms with Crippen LogP contribution < -0.4 is 5.32 Å². The van der Waals surface area contributed by atoms with Gasteiger partial charge in [0.2, 0.25) is 0 Å². The normalized spacial score (nSPS) is 21.3.